The van der Waals surface area contributed by atoms with Crippen molar-refractivity contribution in [3.05, 3.63) is 51.6 Å². The van der Waals surface area contributed by atoms with Crippen molar-refractivity contribution >= 4 is 8.32 Å². The third-order valence-corrected chi connectivity index (χ3v) is 14.4. The van der Waals surface area contributed by atoms with Gasteiger partial charge in [-0.05, 0) is 47.4 Å². The molecular formula is C31H42Co2O9Si. The number of allylic oxidation sites excluding steroid dienone is 1. The number of hydrogen-bond donors (Lipinski definition) is 1. The molecule has 0 aromatic rings. The molecule has 0 amide bonds. The number of hydrogen-bond acceptors (Lipinski definition) is 3. The molecule has 0 saturated heterocycles. The van der Waals surface area contributed by atoms with Crippen molar-refractivity contribution in [2.45, 2.75) is 114 Å². The van der Waals surface area contributed by atoms with Crippen molar-refractivity contribution in [1.29, 1.82) is 0 Å². The Labute approximate surface area is 279 Å². The summed E-state index contributed by atoms with van der Waals surface area (Å²) in [5.74, 6) is 7.00. The molecule has 2 radical (unpaired) electrons. The minimum atomic E-state index is -2.01. The molecule has 0 aromatic heterocycles. The molecule has 43 heavy (non-hydrogen) atoms. The number of rotatable bonds is 6. The van der Waals surface area contributed by atoms with Gasteiger partial charge in [0.2, 0.25) is 8.32 Å². The van der Waals surface area contributed by atoms with Gasteiger partial charge in [-0.25, -0.2) is 0 Å². The summed E-state index contributed by atoms with van der Waals surface area (Å²) in [5.41, 5.74) is 1.20. The van der Waals surface area contributed by atoms with Crippen LogP contribution in [0, 0.1) is 63.6 Å². The molecule has 0 heterocycles. The zero-order valence-corrected chi connectivity index (χ0v) is 29.0. The average molecular weight is 705 g/mol. The molecule has 1 N–H and O–H groups in total. The van der Waals surface area contributed by atoms with Crippen LogP contribution in [0.3, 0.4) is 0 Å². The van der Waals surface area contributed by atoms with E-state index in [1.165, 1.54) is 0 Å². The van der Waals surface area contributed by atoms with E-state index in [1.54, 1.807) is 7.11 Å². The van der Waals surface area contributed by atoms with Crippen LogP contribution >= 0.6 is 0 Å². The average Bonchev–Trinajstić information content (AvgIpc) is 3.13. The third-order valence-electron chi connectivity index (χ3n) is 8.29. The van der Waals surface area contributed by atoms with Crippen LogP contribution in [0.25, 0.3) is 0 Å². The van der Waals surface area contributed by atoms with Crippen molar-refractivity contribution in [2.24, 2.45) is 11.8 Å². The van der Waals surface area contributed by atoms with Gasteiger partial charge in [0.05, 0.1) is 5.92 Å². The topological polar surface area (TPSA) is 158 Å². The first-order valence-corrected chi connectivity index (χ1v) is 15.1. The molecule has 1 fully saturated rings. The minimum absolute atomic E-state index is 0. The fraction of sp³-hybridized carbons (Fsp3) is 0.677. The van der Waals surface area contributed by atoms with E-state index in [1.807, 2.05) is 0 Å². The first kappa shape index (κ1) is 54.3. The molecule has 0 unspecified atom stereocenters. The number of methoxy groups -OCH3 is 1. The summed E-state index contributed by atoms with van der Waals surface area (Å²) >= 11 is 0. The van der Waals surface area contributed by atoms with Gasteiger partial charge in [0.15, 0.2) is 0 Å². The van der Waals surface area contributed by atoms with Gasteiger partial charge in [0, 0.05) is 59.6 Å². The van der Waals surface area contributed by atoms with Crippen LogP contribution in [-0.2, 0) is 70.6 Å². The van der Waals surface area contributed by atoms with Crippen LogP contribution in [0.5, 0.6) is 0 Å². The second-order valence-electron chi connectivity index (χ2n) is 10.6. The third kappa shape index (κ3) is 11.9. The maximum atomic E-state index is 12.2. The van der Waals surface area contributed by atoms with Gasteiger partial charge in [0.1, 0.15) is 11.2 Å². The first-order valence-electron chi connectivity index (χ1n) is 12.9. The summed E-state index contributed by atoms with van der Waals surface area (Å²) in [7, 11) is -0.230. The van der Waals surface area contributed by atoms with E-state index in [2.05, 4.69) is 106 Å². The van der Waals surface area contributed by atoms with Gasteiger partial charge in [-0.15, -0.1) is 5.92 Å². The Balaban J connectivity index is -0.000000218. The Morgan fingerprint density at radius 2 is 1.28 bits per heavy atom. The van der Waals surface area contributed by atoms with Crippen molar-refractivity contribution in [2.75, 3.05) is 7.11 Å². The van der Waals surface area contributed by atoms with Crippen LogP contribution in [0.1, 0.15) is 80.6 Å². The SMILES string of the molecule is CO[C@]12CCC=C3[C@H](C)CC#C[C@H](C[C@H](O[Si](C(C)C)(C(C)C)C(C)C)C1)[C@]32O.[C-]#[O+].[C-]#[O+].[C-]#[O+].[C-]#[O+].[C-]#[O+].[C-]#[O+].[Co].[Co]. The first-order chi connectivity index (χ1) is 19.5. The summed E-state index contributed by atoms with van der Waals surface area (Å²) in [6.45, 7) is 43.2. The molecule has 3 aliphatic rings. The number of ether oxygens (including phenoxy) is 1. The molecule has 0 bridgehead atoms. The van der Waals surface area contributed by atoms with E-state index in [-0.39, 0.29) is 51.5 Å². The van der Waals surface area contributed by atoms with Gasteiger partial charge in [-0.1, -0.05) is 60.5 Å². The van der Waals surface area contributed by atoms with Crippen LogP contribution in [0.2, 0.25) is 16.6 Å². The quantitative estimate of drug-likeness (QED) is 0.126. The summed E-state index contributed by atoms with van der Waals surface area (Å²) < 4.78 is 58.4. The fourth-order valence-electron chi connectivity index (χ4n) is 7.04. The summed E-state index contributed by atoms with van der Waals surface area (Å²) in [6, 6.07) is 0. The smallest absolute Gasteiger partial charge is 0 e. The van der Waals surface area contributed by atoms with E-state index < -0.39 is 19.5 Å². The molecular weight excluding hydrogens is 662 g/mol. The molecule has 3 aliphatic carbocycles. The maximum Gasteiger partial charge on any atom is 0 e. The number of aliphatic hydroxyl groups is 1. The van der Waals surface area contributed by atoms with E-state index in [4.69, 9.17) is 37.1 Å². The second-order valence-corrected chi connectivity index (χ2v) is 16.0. The van der Waals surface area contributed by atoms with Crippen LogP contribution in [0.15, 0.2) is 11.6 Å². The fourth-order valence-corrected chi connectivity index (χ4v) is 12.6. The van der Waals surface area contributed by atoms with Crippen LogP contribution in [0.4, 0.5) is 0 Å². The van der Waals surface area contributed by atoms with E-state index in [9.17, 15) is 5.11 Å². The van der Waals surface area contributed by atoms with E-state index in [0.717, 1.165) is 37.7 Å². The Kier molecular flexibility index (Phi) is 35.8. The molecule has 9 nitrogen and oxygen atoms in total. The second kappa shape index (κ2) is 28.3. The van der Waals surface area contributed by atoms with Crippen molar-refractivity contribution in [1.82, 2.24) is 0 Å². The van der Waals surface area contributed by atoms with Crippen LogP contribution in [-0.4, -0.2) is 37.8 Å². The monoisotopic (exact) mass is 704 g/mol. The molecule has 0 spiro atoms. The Morgan fingerprint density at radius 1 is 0.860 bits per heavy atom. The predicted octanol–water partition coefficient (Wildman–Crippen LogP) is 5.61. The molecule has 12 heteroatoms. The summed E-state index contributed by atoms with van der Waals surface area (Å²) in [6.07, 6.45) is 6.55. The molecule has 0 aromatic carbocycles. The predicted molar refractivity (Wildman–Crippen MR) is 146 cm³/mol. The largest absolute Gasteiger partial charge is 0 e. The Morgan fingerprint density at radius 3 is 1.65 bits per heavy atom. The van der Waals surface area contributed by atoms with Crippen molar-refractivity contribution < 1.29 is 75.7 Å². The van der Waals surface area contributed by atoms with Gasteiger partial charge in [-0.3, -0.25) is 0 Å². The van der Waals surface area contributed by atoms with Gasteiger partial charge in [0.25, 0.3) is 0 Å². The van der Waals surface area contributed by atoms with Crippen molar-refractivity contribution in [3.8, 4) is 11.8 Å². The van der Waals surface area contributed by atoms with Gasteiger partial charge in [-0.2, -0.15) is 0 Å². The van der Waals surface area contributed by atoms with Gasteiger partial charge >= 0.3 is 67.8 Å². The molecule has 0 aliphatic heterocycles. The van der Waals surface area contributed by atoms with Gasteiger partial charge < -0.3 is 14.3 Å². The normalized spacial score (nSPS) is 25.3. The minimum Gasteiger partial charge on any atom is 0 e. The maximum absolute atomic E-state index is 12.2. The Bertz CT molecular complexity index is 905. The Hall–Kier alpha value is -1.15. The van der Waals surface area contributed by atoms with E-state index >= 15 is 0 Å². The summed E-state index contributed by atoms with van der Waals surface area (Å²) in [4.78, 5) is 0. The summed E-state index contributed by atoms with van der Waals surface area (Å²) in [5, 5.41) is 12.2. The van der Waals surface area contributed by atoms with Crippen LogP contribution < -0.4 is 0 Å². The molecule has 1 saturated carbocycles. The van der Waals surface area contributed by atoms with E-state index in [0.29, 0.717) is 16.6 Å². The zero-order chi connectivity index (χ0) is 33.6. The molecule has 242 valence electrons. The standard InChI is InChI=1S/C25H42O3Si.6CO.2Co/c1-17(2)29(18(3)4,19(5)6)28-22-15-21-12-9-11-20(7)23-13-10-14-24(16-22,27-8)25(21,23)26;6*1-2;;/h13,17-22,26H,10-11,14-16H2,1-8H3;;;;;;;;/t20-,21-,22+,24-,25+;;;;;;;;/m1......../s1. The zero-order valence-electron chi connectivity index (χ0n) is 26.0. The van der Waals surface area contributed by atoms with Crippen molar-refractivity contribution in [3.63, 3.8) is 0 Å². The molecule has 3 rings (SSSR count). The molecule has 5 atom stereocenters.